The van der Waals surface area contributed by atoms with Gasteiger partial charge in [-0.1, -0.05) is 6.92 Å². The molecule has 1 amide bonds. The first kappa shape index (κ1) is 19.6. The van der Waals surface area contributed by atoms with Crippen molar-refractivity contribution in [2.45, 2.75) is 38.7 Å². The van der Waals surface area contributed by atoms with Crippen LogP contribution in [0.25, 0.3) is 10.8 Å². The Morgan fingerprint density at radius 2 is 2.07 bits per heavy atom. The molecule has 1 aliphatic heterocycles. The Morgan fingerprint density at radius 1 is 1.26 bits per heavy atom. The average Bonchev–Trinajstić information content (AvgIpc) is 2.67. The van der Waals surface area contributed by atoms with Crippen LogP contribution in [0, 0.1) is 0 Å². The zero-order valence-electron chi connectivity index (χ0n) is 16.3. The number of nitrogens with zero attached hydrogens (tertiary/aromatic N) is 2. The summed E-state index contributed by atoms with van der Waals surface area (Å²) in [5.41, 5.74) is 0. The second-order valence-electron chi connectivity index (χ2n) is 7.25. The Labute approximate surface area is 161 Å². The van der Waals surface area contributed by atoms with Crippen LogP contribution in [0.2, 0.25) is 0 Å². The number of pyridine rings is 1. The molecule has 146 valence electrons. The van der Waals surface area contributed by atoms with Crippen molar-refractivity contribution in [1.29, 1.82) is 0 Å². The second kappa shape index (κ2) is 9.67. The van der Waals surface area contributed by atoms with Gasteiger partial charge >= 0.3 is 0 Å². The summed E-state index contributed by atoms with van der Waals surface area (Å²) in [6, 6.07) is 7.96. The van der Waals surface area contributed by atoms with E-state index in [1.807, 2.05) is 31.3 Å². The van der Waals surface area contributed by atoms with Crippen molar-refractivity contribution in [1.82, 2.24) is 15.2 Å². The molecular formula is C21H30N4O2. The quantitative estimate of drug-likeness (QED) is 0.748. The van der Waals surface area contributed by atoms with Crippen LogP contribution in [0.1, 0.15) is 32.6 Å². The van der Waals surface area contributed by atoms with Gasteiger partial charge < -0.3 is 20.3 Å². The van der Waals surface area contributed by atoms with Crippen LogP contribution in [-0.4, -0.2) is 55.1 Å². The minimum Gasteiger partial charge on any atom is -0.490 e. The van der Waals surface area contributed by atoms with Crippen LogP contribution in [0.5, 0.6) is 5.75 Å². The fourth-order valence-electron chi connectivity index (χ4n) is 3.36. The monoisotopic (exact) mass is 370 g/mol. The molecule has 27 heavy (non-hydrogen) atoms. The highest BCUT2D eigenvalue weighted by Crippen LogP contribution is 2.24. The lowest BCUT2D eigenvalue weighted by Crippen LogP contribution is -2.34. The topological polar surface area (TPSA) is 66.5 Å². The lowest BCUT2D eigenvalue weighted by molar-refractivity contribution is -0.116. The van der Waals surface area contributed by atoms with Gasteiger partial charge in [-0.2, -0.15) is 0 Å². The maximum absolute atomic E-state index is 12.2. The minimum absolute atomic E-state index is 0.00749. The number of nitrogens with one attached hydrogen (secondary N) is 2. The lowest BCUT2D eigenvalue weighted by Gasteiger charge is -2.24. The number of piperidine rings is 1. The van der Waals surface area contributed by atoms with Crippen molar-refractivity contribution in [2.24, 2.45) is 0 Å². The van der Waals surface area contributed by atoms with Crippen LogP contribution in [-0.2, 0) is 4.79 Å². The Morgan fingerprint density at radius 3 is 2.85 bits per heavy atom. The molecule has 1 saturated heterocycles. The summed E-state index contributed by atoms with van der Waals surface area (Å²) in [4.78, 5) is 18.7. The molecule has 6 nitrogen and oxygen atoms in total. The van der Waals surface area contributed by atoms with Gasteiger partial charge in [0.2, 0.25) is 5.91 Å². The number of rotatable bonds is 8. The fourth-order valence-corrected chi connectivity index (χ4v) is 3.36. The third-order valence-corrected chi connectivity index (χ3v) is 4.88. The summed E-state index contributed by atoms with van der Waals surface area (Å²) in [7, 11) is 2.04. The van der Waals surface area contributed by atoms with E-state index in [1.54, 1.807) is 6.20 Å². The molecule has 0 spiro atoms. The molecule has 0 aliphatic carbocycles. The van der Waals surface area contributed by atoms with Crippen molar-refractivity contribution < 1.29 is 9.53 Å². The Kier molecular flexibility index (Phi) is 7.01. The van der Waals surface area contributed by atoms with Gasteiger partial charge in [-0.05, 0) is 75.6 Å². The minimum atomic E-state index is -0.00749. The molecule has 2 heterocycles. The van der Waals surface area contributed by atoms with Gasteiger partial charge in [-0.15, -0.1) is 0 Å². The van der Waals surface area contributed by atoms with Crippen LogP contribution in [0.3, 0.4) is 0 Å². The standard InChI is InChI=1S/C21H30N4O2/c1-3-11-25(2)12-8-21(26)24-20-14-17-13-19(5-4-16(17)15-23-20)27-18-6-9-22-10-7-18/h4-5,13-15,18,22H,3,6-12H2,1-2H3,(H,23,24,26). The third-order valence-electron chi connectivity index (χ3n) is 4.88. The molecule has 2 N–H and O–H groups in total. The SMILES string of the molecule is CCCN(C)CCC(=O)Nc1cc2cc(OC3CCNCC3)ccc2cn1. The van der Waals surface area contributed by atoms with Crippen LogP contribution in [0.15, 0.2) is 30.5 Å². The zero-order chi connectivity index (χ0) is 19.1. The number of hydrogen-bond acceptors (Lipinski definition) is 5. The Balaban J connectivity index is 1.61. The van der Waals surface area contributed by atoms with Gasteiger partial charge in [0, 0.05) is 24.5 Å². The van der Waals surface area contributed by atoms with Crippen molar-refractivity contribution in [3.05, 3.63) is 30.5 Å². The highest BCUT2D eigenvalue weighted by molar-refractivity contribution is 5.93. The molecule has 2 aromatic rings. The van der Waals surface area contributed by atoms with Crippen LogP contribution < -0.4 is 15.4 Å². The third kappa shape index (κ3) is 5.91. The number of amides is 1. The van der Waals surface area contributed by atoms with Crippen LogP contribution in [0.4, 0.5) is 5.82 Å². The highest BCUT2D eigenvalue weighted by atomic mass is 16.5. The second-order valence-corrected chi connectivity index (χ2v) is 7.25. The van der Waals surface area contributed by atoms with Crippen LogP contribution >= 0.6 is 0 Å². The van der Waals surface area contributed by atoms with Gasteiger partial charge in [0.15, 0.2) is 0 Å². The van der Waals surface area contributed by atoms with E-state index < -0.39 is 0 Å². The number of benzene rings is 1. The first-order valence-corrected chi connectivity index (χ1v) is 9.89. The predicted octanol–water partition coefficient (Wildman–Crippen LogP) is 3.04. The molecule has 1 aromatic heterocycles. The number of hydrogen-bond donors (Lipinski definition) is 2. The fraction of sp³-hybridized carbons (Fsp3) is 0.524. The number of fused-ring (bicyclic) bond motifs is 1. The normalized spacial score (nSPS) is 15.2. The summed E-state index contributed by atoms with van der Waals surface area (Å²) in [5, 5.41) is 8.31. The zero-order valence-corrected chi connectivity index (χ0v) is 16.3. The van der Waals surface area contributed by atoms with Gasteiger partial charge in [0.05, 0.1) is 0 Å². The molecule has 3 rings (SSSR count). The van der Waals surface area contributed by atoms with E-state index in [0.29, 0.717) is 12.2 Å². The first-order chi connectivity index (χ1) is 13.1. The van der Waals surface area contributed by atoms with Gasteiger partial charge in [-0.3, -0.25) is 4.79 Å². The predicted molar refractivity (Wildman–Crippen MR) is 109 cm³/mol. The van der Waals surface area contributed by atoms with Gasteiger partial charge in [0.1, 0.15) is 17.7 Å². The summed E-state index contributed by atoms with van der Waals surface area (Å²) in [6.45, 7) is 5.90. The van der Waals surface area contributed by atoms with E-state index in [2.05, 4.69) is 27.4 Å². The lowest BCUT2D eigenvalue weighted by atomic mass is 10.1. The van der Waals surface area contributed by atoms with E-state index in [0.717, 1.165) is 62.0 Å². The molecule has 0 saturated carbocycles. The van der Waals surface area contributed by atoms with E-state index in [1.165, 1.54) is 0 Å². The largest absolute Gasteiger partial charge is 0.490 e. The van der Waals surface area contributed by atoms with E-state index in [4.69, 9.17) is 4.74 Å². The van der Waals surface area contributed by atoms with E-state index in [-0.39, 0.29) is 12.0 Å². The molecule has 0 radical (unpaired) electrons. The number of carbonyl (C=O) groups is 1. The molecule has 6 heteroatoms. The molecule has 0 unspecified atom stereocenters. The van der Waals surface area contributed by atoms with E-state index >= 15 is 0 Å². The summed E-state index contributed by atoms with van der Waals surface area (Å²) >= 11 is 0. The smallest absolute Gasteiger partial charge is 0.226 e. The summed E-state index contributed by atoms with van der Waals surface area (Å²) < 4.78 is 6.12. The van der Waals surface area contributed by atoms with Crippen molar-refractivity contribution in [3.8, 4) is 5.75 Å². The molecule has 1 aromatic carbocycles. The number of anilines is 1. The molecule has 0 atom stereocenters. The Hall–Kier alpha value is -2.18. The summed E-state index contributed by atoms with van der Waals surface area (Å²) in [6.07, 6.45) is 5.68. The van der Waals surface area contributed by atoms with Crippen molar-refractivity contribution in [2.75, 3.05) is 38.5 Å². The molecule has 1 fully saturated rings. The number of ether oxygens (including phenoxy) is 1. The van der Waals surface area contributed by atoms with Crippen molar-refractivity contribution >= 4 is 22.5 Å². The van der Waals surface area contributed by atoms with Crippen molar-refractivity contribution in [3.63, 3.8) is 0 Å². The number of aromatic nitrogens is 1. The van der Waals surface area contributed by atoms with E-state index in [9.17, 15) is 4.79 Å². The molecular weight excluding hydrogens is 340 g/mol. The maximum atomic E-state index is 12.2. The van der Waals surface area contributed by atoms with Gasteiger partial charge in [0.25, 0.3) is 0 Å². The molecule has 0 bridgehead atoms. The average molecular weight is 370 g/mol. The highest BCUT2D eigenvalue weighted by Gasteiger charge is 2.14. The summed E-state index contributed by atoms with van der Waals surface area (Å²) in [5.74, 6) is 1.45. The molecule has 1 aliphatic rings. The Bertz CT molecular complexity index is 759. The van der Waals surface area contributed by atoms with Gasteiger partial charge in [-0.25, -0.2) is 4.98 Å². The first-order valence-electron chi connectivity index (χ1n) is 9.89. The number of carbonyl (C=O) groups excluding carboxylic acids is 1. The maximum Gasteiger partial charge on any atom is 0.226 e.